The van der Waals surface area contributed by atoms with Crippen LogP contribution in [0.2, 0.25) is 0 Å². The average molecular weight is 309 g/mol. The summed E-state index contributed by atoms with van der Waals surface area (Å²) in [5.74, 6) is -1.67. The number of aromatic nitrogens is 1. The van der Waals surface area contributed by atoms with Crippen LogP contribution in [0.3, 0.4) is 0 Å². The van der Waals surface area contributed by atoms with Crippen molar-refractivity contribution in [2.75, 3.05) is 5.32 Å². The molecule has 0 unspecified atom stereocenters. The predicted octanol–water partition coefficient (Wildman–Crippen LogP) is -2.58. The molecule has 2 N–H and O–H groups in total. The maximum absolute atomic E-state index is 11.4. The minimum atomic E-state index is -1.67. The Kier molecular flexibility index (Phi) is 7.14. The number of hydrogen-bond acceptors (Lipinski definition) is 8. The molecule has 0 saturated carbocycles. The second-order valence-electron chi connectivity index (χ2n) is 4.40. The van der Waals surface area contributed by atoms with Crippen molar-refractivity contribution in [3.63, 3.8) is 0 Å². The van der Waals surface area contributed by atoms with Crippen molar-refractivity contribution < 1.29 is 54.2 Å². The van der Waals surface area contributed by atoms with Crippen LogP contribution in [0.1, 0.15) is 26.5 Å². The number of carboxylic acids is 1. The van der Waals surface area contributed by atoms with Gasteiger partial charge in [-0.1, -0.05) is 5.16 Å². The summed E-state index contributed by atoms with van der Waals surface area (Å²) >= 11 is 0.959. The molecule has 0 spiro atoms. The fourth-order valence-electron chi connectivity index (χ4n) is 1.03. The van der Waals surface area contributed by atoms with Gasteiger partial charge in [0.2, 0.25) is 0 Å². The van der Waals surface area contributed by atoms with Gasteiger partial charge in [-0.15, -0.1) is 11.3 Å². The summed E-state index contributed by atoms with van der Waals surface area (Å²) in [6.45, 7) is 5.10. The van der Waals surface area contributed by atoms with Crippen molar-refractivity contribution in [1.82, 2.24) is 4.98 Å². The number of thiazole rings is 1. The molecule has 1 rings (SSSR count). The number of ether oxygens (including phenoxy) is 1. The van der Waals surface area contributed by atoms with Crippen molar-refractivity contribution in [3.05, 3.63) is 11.1 Å². The molecule has 0 radical (unpaired) electrons. The number of carbonyl (C=O) groups is 2. The van der Waals surface area contributed by atoms with E-state index in [0.717, 1.165) is 11.3 Å². The molecule has 0 bridgehead atoms. The van der Waals surface area contributed by atoms with Crippen LogP contribution in [0.5, 0.6) is 0 Å². The quantitative estimate of drug-likeness (QED) is 0.273. The normalized spacial score (nSPS) is 11.4. The fraction of sp³-hybridized carbons (Fsp3) is 0.400. The maximum Gasteiger partial charge on any atom is 1.00 e. The molecule has 0 saturated heterocycles. The van der Waals surface area contributed by atoms with E-state index in [1.54, 1.807) is 20.8 Å². The van der Waals surface area contributed by atoms with Gasteiger partial charge < -0.3 is 19.8 Å². The number of amides is 1. The van der Waals surface area contributed by atoms with Gasteiger partial charge in [-0.05, 0) is 20.8 Å². The molecule has 0 fully saturated rings. The van der Waals surface area contributed by atoms with Crippen LogP contribution in [0.4, 0.5) is 9.93 Å². The summed E-state index contributed by atoms with van der Waals surface area (Å²) in [6, 6.07) is 0. The fourth-order valence-corrected chi connectivity index (χ4v) is 1.71. The topological polar surface area (TPSA) is 124 Å². The monoisotopic (exact) mass is 309 g/mol. The van der Waals surface area contributed by atoms with Crippen molar-refractivity contribution in [1.29, 1.82) is 0 Å². The number of oxime groups is 1. The molecule has 104 valence electrons. The first kappa shape index (κ1) is 18.8. The molecule has 1 aromatic rings. The first-order valence-corrected chi connectivity index (χ1v) is 6.00. The van der Waals surface area contributed by atoms with Gasteiger partial charge in [-0.3, -0.25) is 5.32 Å². The molecule has 8 nitrogen and oxygen atoms in total. The molecule has 0 aromatic carbocycles. The summed E-state index contributed by atoms with van der Waals surface area (Å²) in [4.78, 5) is 25.8. The molecule has 10 heteroatoms. The zero-order valence-electron chi connectivity index (χ0n) is 11.5. The number of anilines is 1. The Hall–Kier alpha value is -1.16. The SMILES string of the molecule is CC(C)(C)OC(=O)Nc1nc(/C(=N/O)C(=O)[O-])cs1.[Na+]. The van der Waals surface area contributed by atoms with Gasteiger partial charge in [0.25, 0.3) is 0 Å². The van der Waals surface area contributed by atoms with Crippen LogP contribution in [-0.2, 0) is 9.53 Å². The Morgan fingerprint density at radius 3 is 2.55 bits per heavy atom. The molecule has 0 aliphatic heterocycles. The zero-order chi connectivity index (χ0) is 14.6. The van der Waals surface area contributed by atoms with Crippen molar-refractivity contribution in [2.24, 2.45) is 5.16 Å². The van der Waals surface area contributed by atoms with Crippen molar-refractivity contribution in [3.8, 4) is 0 Å². The van der Waals surface area contributed by atoms with Crippen LogP contribution in [0.25, 0.3) is 0 Å². The van der Waals surface area contributed by atoms with Gasteiger partial charge in [0.15, 0.2) is 10.8 Å². The first-order chi connectivity index (χ1) is 8.73. The summed E-state index contributed by atoms with van der Waals surface area (Å²) in [6.07, 6.45) is -0.718. The van der Waals surface area contributed by atoms with Gasteiger partial charge >= 0.3 is 35.7 Å². The third-order valence-electron chi connectivity index (χ3n) is 1.65. The molecular weight excluding hydrogens is 297 g/mol. The minimum absolute atomic E-state index is 0. The Bertz CT molecular complexity index is 523. The van der Waals surface area contributed by atoms with Gasteiger partial charge in [-0.25, -0.2) is 9.78 Å². The second-order valence-corrected chi connectivity index (χ2v) is 5.26. The largest absolute Gasteiger partial charge is 1.00 e. The number of rotatable bonds is 3. The van der Waals surface area contributed by atoms with Crippen molar-refractivity contribution in [2.45, 2.75) is 26.4 Å². The van der Waals surface area contributed by atoms with E-state index in [-0.39, 0.29) is 40.4 Å². The Morgan fingerprint density at radius 1 is 1.50 bits per heavy atom. The van der Waals surface area contributed by atoms with Crippen LogP contribution < -0.4 is 40.0 Å². The van der Waals surface area contributed by atoms with Crippen LogP contribution in [0, 0.1) is 0 Å². The maximum atomic E-state index is 11.4. The molecule has 0 aliphatic carbocycles. The third-order valence-corrected chi connectivity index (χ3v) is 2.41. The summed E-state index contributed by atoms with van der Waals surface area (Å²) in [5, 5.41) is 25.4. The number of nitrogens with zero attached hydrogens (tertiary/aromatic N) is 2. The molecule has 1 heterocycles. The Balaban J connectivity index is 0.00000361. The van der Waals surface area contributed by atoms with Gasteiger partial charge in [0.1, 0.15) is 11.3 Å². The van der Waals surface area contributed by atoms with E-state index in [1.165, 1.54) is 5.38 Å². The third kappa shape index (κ3) is 5.87. The Morgan fingerprint density at radius 2 is 2.10 bits per heavy atom. The molecule has 0 atom stereocenters. The zero-order valence-corrected chi connectivity index (χ0v) is 14.3. The van der Waals surface area contributed by atoms with Crippen LogP contribution in [0.15, 0.2) is 10.5 Å². The van der Waals surface area contributed by atoms with E-state index in [9.17, 15) is 14.7 Å². The van der Waals surface area contributed by atoms with Gasteiger partial charge in [-0.2, -0.15) is 0 Å². The molecule has 1 amide bonds. The number of hydrogen-bond donors (Lipinski definition) is 2. The van der Waals surface area contributed by atoms with E-state index in [1.807, 2.05) is 0 Å². The minimum Gasteiger partial charge on any atom is -0.543 e. The van der Waals surface area contributed by atoms with E-state index >= 15 is 0 Å². The van der Waals surface area contributed by atoms with Crippen molar-refractivity contribution >= 4 is 34.2 Å². The van der Waals surface area contributed by atoms with E-state index in [0.29, 0.717) is 0 Å². The first-order valence-electron chi connectivity index (χ1n) is 5.12. The molecule has 20 heavy (non-hydrogen) atoms. The number of carbonyl (C=O) groups excluding carboxylic acids is 2. The van der Waals surface area contributed by atoms with Crippen LogP contribution >= 0.6 is 11.3 Å². The summed E-state index contributed by atoms with van der Waals surface area (Å²) < 4.78 is 4.99. The number of nitrogens with one attached hydrogen (secondary N) is 1. The van der Waals surface area contributed by atoms with E-state index in [2.05, 4.69) is 15.5 Å². The average Bonchev–Trinajstić information content (AvgIpc) is 2.63. The number of aliphatic carboxylic acids is 1. The second kappa shape index (κ2) is 7.58. The van der Waals surface area contributed by atoms with Gasteiger partial charge in [0, 0.05) is 5.38 Å². The molecule has 0 aliphatic rings. The standard InChI is InChI=1S/C10H13N3O5S.Na/c1-10(2,3)18-9(16)12-8-11-5(4-19-8)6(13-17)7(14)15;/h4,17H,1-3H3,(H,14,15)(H,11,12,16);/q;+1/p-1/b13-6-;. The smallest absolute Gasteiger partial charge is 0.543 e. The van der Waals surface area contributed by atoms with Crippen LogP contribution in [-0.4, -0.2) is 33.6 Å². The van der Waals surface area contributed by atoms with Gasteiger partial charge in [0.05, 0.1) is 5.97 Å². The van der Waals surface area contributed by atoms with E-state index in [4.69, 9.17) is 9.94 Å². The summed E-state index contributed by atoms with van der Waals surface area (Å²) in [5.41, 5.74) is -1.49. The van der Waals surface area contributed by atoms with E-state index < -0.39 is 23.4 Å². The Labute approximate surface area is 141 Å². The number of carboxylic acid groups (broad SMARTS) is 1. The molecule has 1 aromatic heterocycles. The predicted molar refractivity (Wildman–Crippen MR) is 65.3 cm³/mol. The molecular formula is C10H12N3NaO5S. The summed E-state index contributed by atoms with van der Waals surface area (Å²) in [7, 11) is 0.